The molecule has 0 aromatic heterocycles. The average Bonchev–Trinajstić information content (AvgIpc) is 2.38. The van der Waals surface area contributed by atoms with E-state index < -0.39 is 0 Å². The Bertz CT molecular complexity index is 348. The zero-order valence-electron chi connectivity index (χ0n) is 11.4. The molecule has 2 nitrogen and oxygen atoms in total. The average molecular weight is 252 g/mol. The van der Waals surface area contributed by atoms with Crippen LogP contribution >= 0.6 is 11.8 Å². The molecule has 0 fully saturated rings. The quantitative estimate of drug-likeness (QED) is 0.786. The molecule has 0 radical (unpaired) electrons. The third kappa shape index (κ3) is 3.17. The minimum atomic E-state index is 0.595. The Balaban J connectivity index is 3.11. The summed E-state index contributed by atoms with van der Waals surface area (Å²) >= 11 is 1.77. The van der Waals surface area contributed by atoms with Gasteiger partial charge in [0.2, 0.25) is 0 Å². The monoisotopic (exact) mass is 252 g/mol. The molecule has 3 heteroatoms. The van der Waals surface area contributed by atoms with Gasteiger partial charge in [0.1, 0.15) is 0 Å². The highest BCUT2D eigenvalue weighted by molar-refractivity contribution is 7.98. The van der Waals surface area contributed by atoms with Crippen LogP contribution in [0.4, 0.5) is 5.69 Å². The zero-order chi connectivity index (χ0) is 12.8. The third-order valence-electron chi connectivity index (χ3n) is 3.40. The molecule has 0 heterocycles. The maximum absolute atomic E-state index is 5.91. The number of anilines is 1. The van der Waals surface area contributed by atoms with Crippen molar-refractivity contribution in [3.05, 3.63) is 23.8 Å². The van der Waals surface area contributed by atoms with Crippen LogP contribution in [-0.2, 0) is 6.54 Å². The summed E-state index contributed by atoms with van der Waals surface area (Å²) in [6.07, 6.45) is 4.44. The third-order valence-corrected chi connectivity index (χ3v) is 4.22. The molecule has 0 bridgehead atoms. The fraction of sp³-hybridized carbons (Fsp3) is 0.571. The van der Waals surface area contributed by atoms with Crippen molar-refractivity contribution in [1.82, 2.24) is 0 Å². The highest BCUT2D eigenvalue weighted by Gasteiger charge is 2.15. The lowest BCUT2D eigenvalue weighted by molar-refractivity contribution is 0.589. The van der Waals surface area contributed by atoms with Crippen LogP contribution in [0.25, 0.3) is 0 Å². The number of hydrogen-bond acceptors (Lipinski definition) is 3. The summed E-state index contributed by atoms with van der Waals surface area (Å²) in [5, 5.41) is 0. The molecule has 0 atom stereocenters. The zero-order valence-corrected chi connectivity index (χ0v) is 12.2. The lowest BCUT2D eigenvalue weighted by Crippen LogP contribution is -2.31. The van der Waals surface area contributed by atoms with Gasteiger partial charge in [0, 0.05) is 35.8 Å². The summed E-state index contributed by atoms with van der Waals surface area (Å²) in [7, 11) is 2.18. The molecule has 1 aromatic rings. The predicted molar refractivity (Wildman–Crippen MR) is 78.9 cm³/mol. The molecule has 1 rings (SSSR count). The number of benzene rings is 1. The second-order valence-electron chi connectivity index (χ2n) is 4.24. The molecular formula is C14H24N2S. The highest BCUT2D eigenvalue weighted by Crippen LogP contribution is 2.30. The van der Waals surface area contributed by atoms with Crippen molar-refractivity contribution < 1.29 is 0 Å². The van der Waals surface area contributed by atoms with Gasteiger partial charge in [-0.15, -0.1) is 11.8 Å². The maximum Gasteiger partial charge on any atom is 0.0422 e. The largest absolute Gasteiger partial charge is 0.371 e. The first kappa shape index (κ1) is 14.4. The molecule has 1 aromatic carbocycles. The second kappa shape index (κ2) is 6.92. The SMILES string of the molecule is CCC(CC)N(C)c1cccc(SC)c1CN. The molecule has 2 N–H and O–H groups in total. The number of nitrogens with two attached hydrogens (primary N) is 1. The van der Waals surface area contributed by atoms with Crippen molar-refractivity contribution in [1.29, 1.82) is 0 Å². The van der Waals surface area contributed by atoms with Gasteiger partial charge in [0.05, 0.1) is 0 Å². The summed E-state index contributed by atoms with van der Waals surface area (Å²) in [6.45, 7) is 5.09. The topological polar surface area (TPSA) is 29.3 Å². The van der Waals surface area contributed by atoms with Gasteiger partial charge >= 0.3 is 0 Å². The first-order valence-corrected chi connectivity index (χ1v) is 7.50. The molecule has 96 valence electrons. The molecule has 0 saturated carbocycles. The molecule has 0 aliphatic rings. The van der Waals surface area contributed by atoms with Gasteiger partial charge in [-0.25, -0.2) is 0 Å². The first-order valence-electron chi connectivity index (χ1n) is 6.28. The van der Waals surface area contributed by atoms with Crippen LogP contribution in [0.2, 0.25) is 0 Å². The standard InChI is InChI=1S/C14H24N2S/c1-5-11(6-2)16(3)13-8-7-9-14(17-4)12(13)10-15/h7-9,11H,5-6,10,15H2,1-4H3. The van der Waals surface area contributed by atoms with E-state index in [0.29, 0.717) is 12.6 Å². The molecule has 0 unspecified atom stereocenters. The van der Waals surface area contributed by atoms with Gasteiger partial charge in [-0.3, -0.25) is 0 Å². The molecule has 0 aliphatic heterocycles. The van der Waals surface area contributed by atoms with Gasteiger partial charge in [-0.1, -0.05) is 19.9 Å². The van der Waals surface area contributed by atoms with Crippen molar-refractivity contribution in [3.8, 4) is 0 Å². The summed E-state index contributed by atoms with van der Waals surface area (Å²) in [6, 6.07) is 7.05. The van der Waals surface area contributed by atoms with Crippen LogP contribution < -0.4 is 10.6 Å². The number of thioether (sulfide) groups is 1. The first-order chi connectivity index (χ1) is 8.19. The van der Waals surface area contributed by atoms with Crippen molar-refractivity contribution in [3.63, 3.8) is 0 Å². The Hall–Kier alpha value is -0.670. The van der Waals surface area contributed by atoms with Crippen molar-refractivity contribution >= 4 is 17.4 Å². The molecular weight excluding hydrogens is 228 g/mol. The van der Waals surface area contributed by atoms with E-state index in [1.54, 1.807) is 11.8 Å². The lowest BCUT2D eigenvalue weighted by Gasteiger charge is -2.30. The van der Waals surface area contributed by atoms with Crippen LogP contribution in [-0.4, -0.2) is 19.3 Å². The molecule has 0 saturated heterocycles. The minimum Gasteiger partial charge on any atom is -0.371 e. The van der Waals surface area contributed by atoms with E-state index in [-0.39, 0.29) is 0 Å². The predicted octanol–water partition coefficient (Wildman–Crippen LogP) is 3.49. The van der Waals surface area contributed by atoms with E-state index >= 15 is 0 Å². The van der Waals surface area contributed by atoms with Crippen LogP contribution in [0.5, 0.6) is 0 Å². The fourth-order valence-electron chi connectivity index (χ4n) is 2.31. The van der Waals surface area contributed by atoms with Crippen LogP contribution in [0.1, 0.15) is 32.3 Å². The number of nitrogens with zero attached hydrogens (tertiary/aromatic N) is 1. The summed E-state index contributed by atoms with van der Waals surface area (Å²) in [5.41, 5.74) is 8.47. The highest BCUT2D eigenvalue weighted by atomic mass is 32.2. The maximum atomic E-state index is 5.91. The minimum absolute atomic E-state index is 0.595. The van der Waals surface area contributed by atoms with Gasteiger partial charge in [0.15, 0.2) is 0 Å². The Kier molecular flexibility index (Phi) is 5.86. The second-order valence-corrected chi connectivity index (χ2v) is 5.09. The van der Waals surface area contributed by atoms with Gasteiger partial charge < -0.3 is 10.6 Å². The van der Waals surface area contributed by atoms with E-state index in [4.69, 9.17) is 5.73 Å². The van der Waals surface area contributed by atoms with Gasteiger partial charge in [-0.05, 0) is 31.2 Å². The van der Waals surface area contributed by atoms with Crippen LogP contribution in [0, 0.1) is 0 Å². The van der Waals surface area contributed by atoms with Crippen molar-refractivity contribution in [2.75, 3.05) is 18.2 Å². The summed E-state index contributed by atoms with van der Waals surface area (Å²) < 4.78 is 0. The van der Waals surface area contributed by atoms with Gasteiger partial charge in [-0.2, -0.15) is 0 Å². The number of rotatable bonds is 6. The van der Waals surface area contributed by atoms with Crippen LogP contribution in [0.3, 0.4) is 0 Å². The molecule has 17 heavy (non-hydrogen) atoms. The Labute approximate surface area is 110 Å². The van der Waals surface area contributed by atoms with Crippen molar-refractivity contribution in [2.45, 2.75) is 44.2 Å². The van der Waals surface area contributed by atoms with Gasteiger partial charge in [0.25, 0.3) is 0 Å². The van der Waals surface area contributed by atoms with Crippen LogP contribution in [0.15, 0.2) is 23.1 Å². The van der Waals surface area contributed by atoms with E-state index in [1.165, 1.54) is 29.0 Å². The van der Waals surface area contributed by atoms with E-state index in [0.717, 1.165) is 0 Å². The molecule has 0 spiro atoms. The Morgan fingerprint density at radius 2 is 1.94 bits per heavy atom. The summed E-state index contributed by atoms with van der Waals surface area (Å²) in [4.78, 5) is 3.67. The Morgan fingerprint density at radius 1 is 1.29 bits per heavy atom. The lowest BCUT2D eigenvalue weighted by atomic mass is 10.1. The molecule has 0 amide bonds. The number of hydrogen-bond donors (Lipinski definition) is 1. The molecule has 0 aliphatic carbocycles. The normalized spacial score (nSPS) is 10.9. The van der Waals surface area contributed by atoms with E-state index in [2.05, 4.69) is 50.2 Å². The smallest absolute Gasteiger partial charge is 0.0422 e. The summed E-state index contributed by atoms with van der Waals surface area (Å²) in [5.74, 6) is 0. The van der Waals surface area contributed by atoms with E-state index in [1.807, 2.05) is 0 Å². The Morgan fingerprint density at radius 3 is 2.41 bits per heavy atom. The van der Waals surface area contributed by atoms with E-state index in [9.17, 15) is 0 Å². The van der Waals surface area contributed by atoms with Crippen molar-refractivity contribution in [2.24, 2.45) is 5.73 Å². The fourth-order valence-corrected chi connectivity index (χ4v) is 2.96.